The third-order valence-corrected chi connectivity index (χ3v) is 6.68. The van der Waals surface area contributed by atoms with Gasteiger partial charge in [0.05, 0.1) is 5.41 Å². The van der Waals surface area contributed by atoms with Crippen molar-refractivity contribution in [2.24, 2.45) is 17.3 Å². The highest BCUT2D eigenvalue weighted by atomic mass is 32.2. The van der Waals surface area contributed by atoms with E-state index in [2.05, 4.69) is 4.74 Å². The molecule has 26 heavy (non-hydrogen) atoms. The third kappa shape index (κ3) is 3.33. The fourth-order valence-electron chi connectivity index (χ4n) is 5.23. The second-order valence-corrected chi connectivity index (χ2v) is 9.49. The smallest absolute Gasteiger partial charge is 0.402 e. The van der Waals surface area contributed by atoms with Gasteiger partial charge in [0.1, 0.15) is 5.60 Å². The van der Waals surface area contributed by atoms with Crippen LogP contribution in [0.2, 0.25) is 0 Å². The van der Waals surface area contributed by atoms with Gasteiger partial charge >= 0.3 is 27.3 Å². The Morgan fingerprint density at radius 3 is 2.27 bits per heavy atom. The number of hydrogen-bond acceptors (Lipinski definition) is 6. The molecule has 4 aliphatic carbocycles. The zero-order valence-electron chi connectivity index (χ0n) is 14.4. The van der Waals surface area contributed by atoms with Gasteiger partial charge in [-0.1, -0.05) is 6.92 Å². The van der Waals surface area contributed by atoms with Crippen molar-refractivity contribution in [3.05, 3.63) is 0 Å². The molecule has 0 aromatic carbocycles. The molecule has 0 spiro atoms. The standard InChI is InChI=1S/C16H22F2O7S/c1-2-12(19)25-15-6-10-3-11(7-15)5-14(4-10,8-15)13(20)24-9-16(17,18)26(21,22)23/h10-11H,2-9H2,1H3,(H,21,22,23). The van der Waals surface area contributed by atoms with Gasteiger partial charge in [0.25, 0.3) is 0 Å². The van der Waals surface area contributed by atoms with E-state index in [9.17, 15) is 26.8 Å². The van der Waals surface area contributed by atoms with Crippen LogP contribution in [0.25, 0.3) is 0 Å². The maximum atomic E-state index is 13.4. The molecular formula is C16H22F2O7S. The Morgan fingerprint density at radius 1 is 1.19 bits per heavy atom. The summed E-state index contributed by atoms with van der Waals surface area (Å²) in [5, 5.41) is -4.56. The number of esters is 2. The summed E-state index contributed by atoms with van der Waals surface area (Å²) in [6.45, 7) is -0.0617. The Morgan fingerprint density at radius 2 is 1.77 bits per heavy atom. The van der Waals surface area contributed by atoms with Crippen LogP contribution in [0.15, 0.2) is 0 Å². The van der Waals surface area contributed by atoms with E-state index < -0.39 is 39.0 Å². The van der Waals surface area contributed by atoms with Crippen molar-refractivity contribution >= 4 is 22.1 Å². The van der Waals surface area contributed by atoms with Crippen molar-refractivity contribution < 1.29 is 40.8 Å². The first-order valence-corrected chi connectivity index (χ1v) is 10.1. The monoisotopic (exact) mass is 396 g/mol. The van der Waals surface area contributed by atoms with Gasteiger partial charge in [0.15, 0.2) is 6.61 Å². The van der Waals surface area contributed by atoms with E-state index >= 15 is 0 Å². The second kappa shape index (κ2) is 6.12. The number of carbonyl (C=O) groups excluding carboxylic acids is 2. The van der Waals surface area contributed by atoms with E-state index in [-0.39, 0.29) is 30.6 Å². The van der Waals surface area contributed by atoms with Crippen molar-refractivity contribution in [3.63, 3.8) is 0 Å². The number of hydrogen-bond donors (Lipinski definition) is 1. The quantitative estimate of drug-likeness (QED) is 0.542. The van der Waals surface area contributed by atoms with E-state index in [1.54, 1.807) is 6.92 Å². The SMILES string of the molecule is CCC(=O)OC12CC3CC(C1)CC(C(=O)OCC(F)(F)S(=O)(=O)O)(C3)C2. The second-order valence-electron chi connectivity index (χ2n) is 7.94. The van der Waals surface area contributed by atoms with E-state index in [1.807, 2.05) is 0 Å². The van der Waals surface area contributed by atoms with Crippen LogP contribution in [0, 0.1) is 17.3 Å². The van der Waals surface area contributed by atoms with Crippen molar-refractivity contribution in [3.8, 4) is 0 Å². The zero-order valence-corrected chi connectivity index (χ0v) is 15.2. The molecule has 7 nitrogen and oxygen atoms in total. The average molecular weight is 396 g/mol. The summed E-state index contributed by atoms with van der Waals surface area (Å²) in [5.74, 6) is -1.01. The highest BCUT2D eigenvalue weighted by Gasteiger charge is 2.63. The first-order chi connectivity index (χ1) is 11.9. The summed E-state index contributed by atoms with van der Waals surface area (Å²) >= 11 is 0. The molecule has 0 aliphatic heterocycles. The topological polar surface area (TPSA) is 107 Å². The molecular weight excluding hydrogens is 374 g/mol. The van der Waals surface area contributed by atoms with Crippen molar-refractivity contribution in [1.29, 1.82) is 0 Å². The van der Waals surface area contributed by atoms with Gasteiger partial charge in [-0.05, 0) is 43.9 Å². The molecule has 10 heteroatoms. The molecule has 2 unspecified atom stereocenters. The van der Waals surface area contributed by atoms with Crippen LogP contribution in [0.3, 0.4) is 0 Å². The van der Waals surface area contributed by atoms with Crippen LogP contribution in [-0.2, 0) is 29.2 Å². The number of halogens is 2. The summed E-state index contributed by atoms with van der Waals surface area (Å²) in [6, 6.07) is 0. The summed E-state index contributed by atoms with van der Waals surface area (Å²) in [6.07, 6.45) is 3.49. The molecule has 1 N–H and O–H groups in total. The van der Waals surface area contributed by atoms with Gasteiger partial charge < -0.3 is 9.47 Å². The maximum Gasteiger partial charge on any atom is 0.402 e. The van der Waals surface area contributed by atoms with E-state index in [1.165, 1.54) is 0 Å². The summed E-state index contributed by atoms with van der Waals surface area (Å²) in [4.78, 5) is 24.4. The Labute approximate surface area is 150 Å². The molecule has 0 aromatic rings. The van der Waals surface area contributed by atoms with Crippen LogP contribution in [0.4, 0.5) is 8.78 Å². The zero-order chi connectivity index (χ0) is 19.4. The largest absolute Gasteiger partial charge is 0.459 e. The van der Waals surface area contributed by atoms with E-state index in [4.69, 9.17) is 9.29 Å². The van der Waals surface area contributed by atoms with Gasteiger partial charge in [0.2, 0.25) is 0 Å². The predicted octanol–water partition coefficient (Wildman–Crippen LogP) is 2.30. The Balaban J connectivity index is 1.77. The van der Waals surface area contributed by atoms with Gasteiger partial charge in [-0.2, -0.15) is 17.2 Å². The molecule has 4 saturated carbocycles. The average Bonchev–Trinajstić information content (AvgIpc) is 2.49. The first kappa shape index (κ1) is 19.5. The van der Waals surface area contributed by atoms with Crippen LogP contribution >= 0.6 is 0 Å². The Kier molecular flexibility index (Phi) is 4.58. The van der Waals surface area contributed by atoms with Crippen LogP contribution in [0.1, 0.15) is 51.9 Å². The molecule has 4 bridgehead atoms. The van der Waals surface area contributed by atoms with Gasteiger partial charge in [0, 0.05) is 12.8 Å². The van der Waals surface area contributed by atoms with Gasteiger partial charge in [-0.3, -0.25) is 14.1 Å². The van der Waals surface area contributed by atoms with Crippen LogP contribution in [-0.4, -0.2) is 42.4 Å². The predicted molar refractivity (Wildman–Crippen MR) is 83.7 cm³/mol. The summed E-state index contributed by atoms with van der Waals surface area (Å²) < 4.78 is 66.9. The molecule has 0 aromatic heterocycles. The maximum absolute atomic E-state index is 13.4. The fourth-order valence-corrected chi connectivity index (χ4v) is 5.44. The molecule has 148 valence electrons. The van der Waals surface area contributed by atoms with E-state index in [0.29, 0.717) is 25.7 Å². The first-order valence-electron chi connectivity index (χ1n) is 8.64. The van der Waals surface area contributed by atoms with Crippen molar-refractivity contribution in [1.82, 2.24) is 0 Å². The minimum atomic E-state index is -5.67. The highest BCUT2D eigenvalue weighted by molar-refractivity contribution is 7.86. The molecule has 4 aliphatic rings. The van der Waals surface area contributed by atoms with E-state index in [0.717, 1.165) is 6.42 Å². The normalized spacial score (nSPS) is 36.0. The lowest BCUT2D eigenvalue weighted by molar-refractivity contribution is -0.214. The lowest BCUT2D eigenvalue weighted by atomic mass is 9.48. The fraction of sp³-hybridized carbons (Fsp3) is 0.875. The number of alkyl halides is 2. The minimum Gasteiger partial charge on any atom is -0.459 e. The molecule has 2 atom stereocenters. The Hall–Kier alpha value is -1.29. The minimum absolute atomic E-state index is 0.135. The third-order valence-electron chi connectivity index (χ3n) is 5.81. The number of ether oxygens (including phenoxy) is 2. The van der Waals surface area contributed by atoms with Crippen LogP contribution in [0.5, 0.6) is 0 Å². The lowest BCUT2D eigenvalue weighted by Gasteiger charge is -2.59. The molecule has 0 heterocycles. The summed E-state index contributed by atoms with van der Waals surface area (Å²) in [5.41, 5.74) is -1.82. The van der Waals surface area contributed by atoms with Crippen molar-refractivity contribution in [2.75, 3.05) is 6.61 Å². The van der Waals surface area contributed by atoms with Crippen molar-refractivity contribution in [2.45, 2.75) is 62.7 Å². The number of rotatable bonds is 6. The molecule has 0 radical (unpaired) electrons. The molecule has 4 rings (SSSR count). The molecule has 0 saturated heterocycles. The lowest BCUT2D eigenvalue weighted by Crippen LogP contribution is -2.60. The number of carbonyl (C=O) groups is 2. The van der Waals surface area contributed by atoms with Gasteiger partial charge in [-0.25, -0.2) is 0 Å². The molecule has 4 fully saturated rings. The highest BCUT2D eigenvalue weighted by Crippen LogP contribution is 2.63. The Bertz CT molecular complexity index is 704. The van der Waals surface area contributed by atoms with Gasteiger partial charge in [-0.15, -0.1) is 0 Å². The van der Waals surface area contributed by atoms with Crippen LogP contribution < -0.4 is 0 Å². The summed E-state index contributed by atoms with van der Waals surface area (Å²) in [7, 11) is -5.67. The molecule has 0 amide bonds.